The summed E-state index contributed by atoms with van der Waals surface area (Å²) in [6, 6.07) is 7.19. The number of anilines is 1. The van der Waals surface area contributed by atoms with E-state index in [1.165, 1.54) is 4.90 Å². The van der Waals surface area contributed by atoms with E-state index in [9.17, 15) is 13.2 Å². The summed E-state index contributed by atoms with van der Waals surface area (Å²) < 4.78 is 42.4. The van der Waals surface area contributed by atoms with Gasteiger partial charge in [0, 0.05) is 44.5 Å². The Kier molecular flexibility index (Phi) is 5.30. The summed E-state index contributed by atoms with van der Waals surface area (Å²) in [6.07, 6.45) is -4.11. The highest BCUT2D eigenvalue weighted by atomic mass is 19.4. The van der Waals surface area contributed by atoms with Crippen molar-refractivity contribution >= 4 is 5.69 Å². The van der Waals surface area contributed by atoms with Crippen LogP contribution in [0.4, 0.5) is 18.9 Å². The molecule has 2 N–H and O–H groups in total. The third kappa shape index (κ3) is 5.81. The van der Waals surface area contributed by atoms with E-state index in [2.05, 4.69) is 4.90 Å². The third-order valence-electron chi connectivity index (χ3n) is 3.40. The Bertz CT molecular complexity index is 445. The van der Waals surface area contributed by atoms with Gasteiger partial charge in [0.05, 0.1) is 6.54 Å². The number of hydrogen-bond donors (Lipinski definition) is 1. The average Bonchev–Trinajstić information content (AvgIpc) is 2.39. The number of ether oxygens (including phenoxy) is 1. The molecule has 0 radical (unpaired) electrons. The standard InChI is InChI=1S/C14H20F3N3O/c15-14(16,17)11-20-6-4-19(5-7-20)8-9-21-13-3-1-2-12(18)10-13/h1-3,10H,4-9,11,18H2. The van der Waals surface area contributed by atoms with Crippen molar-refractivity contribution in [3.63, 3.8) is 0 Å². The Morgan fingerprint density at radius 3 is 2.38 bits per heavy atom. The number of nitrogens with zero attached hydrogens (tertiary/aromatic N) is 2. The molecule has 0 saturated carbocycles. The monoisotopic (exact) mass is 303 g/mol. The molecule has 0 aromatic heterocycles. The molecular formula is C14H20F3N3O. The highest BCUT2D eigenvalue weighted by molar-refractivity contribution is 5.43. The fraction of sp³-hybridized carbons (Fsp3) is 0.571. The van der Waals surface area contributed by atoms with Crippen molar-refractivity contribution in [3.8, 4) is 5.75 Å². The lowest BCUT2D eigenvalue weighted by Crippen LogP contribution is -2.49. The fourth-order valence-electron chi connectivity index (χ4n) is 2.32. The van der Waals surface area contributed by atoms with Gasteiger partial charge in [-0.25, -0.2) is 0 Å². The Balaban J connectivity index is 1.65. The van der Waals surface area contributed by atoms with Gasteiger partial charge < -0.3 is 10.5 Å². The molecule has 1 aromatic carbocycles. The number of nitrogen functional groups attached to an aromatic ring is 1. The molecule has 1 saturated heterocycles. The minimum Gasteiger partial charge on any atom is -0.492 e. The topological polar surface area (TPSA) is 41.7 Å². The molecular weight excluding hydrogens is 283 g/mol. The fourth-order valence-corrected chi connectivity index (χ4v) is 2.32. The molecule has 1 fully saturated rings. The molecule has 0 unspecified atom stereocenters. The van der Waals surface area contributed by atoms with Gasteiger partial charge in [-0.1, -0.05) is 6.07 Å². The van der Waals surface area contributed by atoms with E-state index in [1.54, 1.807) is 12.1 Å². The molecule has 0 aliphatic carbocycles. The summed E-state index contributed by atoms with van der Waals surface area (Å²) in [5, 5.41) is 0. The first-order chi connectivity index (χ1) is 9.92. The highest BCUT2D eigenvalue weighted by Crippen LogP contribution is 2.17. The van der Waals surface area contributed by atoms with Gasteiger partial charge in [-0.05, 0) is 12.1 Å². The minimum atomic E-state index is -4.11. The van der Waals surface area contributed by atoms with E-state index in [4.69, 9.17) is 10.5 Å². The second kappa shape index (κ2) is 7.00. The van der Waals surface area contributed by atoms with Gasteiger partial charge in [0.15, 0.2) is 0 Å². The van der Waals surface area contributed by atoms with E-state index in [-0.39, 0.29) is 0 Å². The van der Waals surface area contributed by atoms with E-state index in [0.717, 1.165) is 0 Å². The maximum atomic E-state index is 12.3. The highest BCUT2D eigenvalue weighted by Gasteiger charge is 2.31. The number of alkyl halides is 3. The Morgan fingerprint density at radius 1 is 1.10 bits per heavy atom. The van der Waals surface area contributed by atoms with Crippen molar-refractivity contribution in [1.82, 2.24) is 9.80 Å². The molecule has 1 heterocycles. The number of nitrogens with two attached hydrogens (primary N) is 1. The predicted octanol–water partition coefficient (Wildman–Crippen LogP) is 1.83. The summed E-state index contributed by atoms with van der Waals surface area (Å²) in [6.45, 7) is 2.54. The molecule has 0 amide bonds. The molecule has 1 aliphatic rings. The smallest absolute Gasteiger partial charge is 0.401 e. The molecule has 118 valence electrons. The van der Waals surface area contributed by atoms with Crippen LogP contribution in [-0.2, 0) is 0 Å². The van der Waals surface area contributed by atoms with Crippen molar-refractivity contribution in [3.05, 3.63) is 24.3 Å². The normalized spacial score (nSPS) is 17.9. The van der Waals surface area contributed by atoms with Crippen LogP contribution >= 0.6 is 0 Å². The van der Waals surface area contributed by atoms with Crippen LogP contribution in [-0.4, -0.2) is 61.9 Å². The van der Waals surface area contributed by atoms with E-state index < -0.39 is 12.7 Å². The van der Waals surface area contributed by atoms with Crippen LogP contribution in [0.3, 0.4) is 0 Å². The van der Waals surface area contributed by atoms with Crippen molar-refractivity contribution in [2.75, 3.05) is 51.6 Å². The van der Waals surface area contributed by atoms with Gasteiger partial charge in [-0.2, -0.15) is 13.2 Å². The number of benzene rings is 1. The van der Waals surface area contributed by atoms with Gasteiger partial charge in [0.25, 0.3) is 0 Å². The van der Waals surface area contributed by atoms with Crippen molar-refractivity contribution < 1.29 is 17.9 Å². The molecule has 0 bridgehead atoms. The lowest BCUT2D eigenvalue weighted by Gasteiger charge is -2.34. The van der Waals surface area contributed by atoms with E-state index in [0.29, 0.717) is 50.8 Å². The molecule has 1 aliphatic heterocycles. The first kappa shape index (κ1) is 15.9. The SMILES string of the molecule is Nc1cccc(OCCN2CCN(CC(F)(F)F)CC2)c1. The maximum Gasteiger partial charge on any atom is 0.401 e. The number of hydrogen-bond acceptors (Lipinski definition) is 4. The first-order valence-electron chi connectivity index (χ1n) is 6.92. The summed E-state index contributed by atoms with van der Waals surface area (Å²) in [5.41, 5.74) is 6.30. The molecule has 7 heteroatoms. The average molecular weight is 303 g/mol. The lowest BCUT2D eigenvalue weighted by atomic mass is 10.3. The largest absolute Gasteiger partial charge is 0.492 e. The van der Waals surface area contributed by atoms with Crippen molar-refractivity contribution in [1.29, 1.82) is 0 Å². The minimum absolute atomic E-state index is 0.442. The van der Waals surface area contributed by atoms with Crippen LogP contribution in [0.15, 0.2) is 24.3 Å². The van der Waals surface area contributed by atoms with E-state index in [1.807, 2.05) is 12.1 Å². The van der Waals surface area contributed by atoms with Crippen LogP contribution in [0, 0.1) is 0 Å². The second-order valence-corrected chi connectivity index (χ2v) is 5.15. The molecule has 0 spiro atoms. The van der Waals surface area contributed by atoms with Gasteiger partial charge in [0.1, 0.15) is 12.4 Å². The summed E-state index contributed by atoms with van der Waals surface area (Å²) in [4.78, 5) is 3.55. The number of halogens is 3. The van der Waals surface area contributed by atoms with Crippen LogP contribution in [0.1, 0.15) is 0 Å². The maximum absolute atomic E-state index is 12.3. The van der Waals surface area contributed by atoms with Crippen LogP contribution < -0.4 is 10.5 Å². The van der Waals surface area contributed by atoms with Crippen LogP contribution in [0.2, 0.25) is 0 Å². The van der Waals surface area contributed by atoms with Crippen molar-refractivity contribution in [2.45, 2.75) is 6.18 Å². The number of piperazine rings is 1. The first-order valence-corrected chi connectivity index (χ1v) is 6.92. The van der Waals surface area contributed by atoms with Gasteiger partial charge in [0.2, 0.25) is 0 Å². The zero-order valence-electron chi connectivity index (χ0n) is 11.8. The predicted molar refractivity (Wildman–Crippen MR) is 75.3 cm³/mol. The van der Waals surface area contributed by atoms with E-state index >= 15 is 0 Å². The number of rotatable bonds is 5. The second-order valence-electron chi connectivity index (χ2n) is 5.15. The zero-order chi connectivity index (χ0) is 15.3. The molecule has 21 heavy (non-hydrogen) atoms. The summed E-state index contributed by atoms with van der Waals surface area (Å²) in [7, 11) is 0. The third-order valence-corrected chi connectivity index (χ3v) is 3.40. The molecule has 2 rings (SSSR count). The quantitative estimate of drug-likeness (QED) is 0.843. The summed E-state index contributed by atoms with van der Waals surface area (Å²) >= 11 is 0. The Hall–Kier alpha value is -1.47. The van der Waals surface area contributed by atoms with Gasteiger partial charge in [-0.15, -0.1) is 0 Å². The van der Waals surface area contributed by atoms with Crippen LogP contribution in [0.25, 0.3) is 0 Å². The Labute approximate surface area is 122 Å². The van der Waals surface area contributed by atoms with Crippen LogP contribution in [0.5, 0.6) is 5.75 Å². The molecule has 1 aromatic rings. The zero-order valence-corrected chi connectivity index (χ0v) is 11.8. The molecule has 4 nitrogen and oxygen atoms in total. The Morgan fingerprint density at radius 2 is 1.76 bits per heavy atom. The van der Waals surface area contributed by atoms with Crippen molar-refractivity contribution in [2.24, 2.45) is 0 Å². The summed E-state index contributed by atoms with van der Waals surface area (Å²) in [5.74, 6) is 0.714. The van der Waals surface area contributed by atoms with Gasteiger partial charge in [-0.3, -0.25) is 9.80 Å². The van der Waals surface area contributed by atoms with Gasteiger partial charge >= 0.3 is 6.18 Å². The lowest BCUT2D eigenvalue weighted by molar-refractivity contribution is -0.149. The molecule has 0 atom stereocenters.